The Labute approximate surface area is 192 Å². The van der Waals surface area contributed by atoms with E-state index in [2.05, 4.69) is 62.4 Å². The van der Waals surface area contributed by atoms with E-state index >= 15 is 0 Å². The van der Waals surface area contributed by atoms with Crippen molar-refractivity contribution < 1.29 is 4.79 Å². The van der Waals surface area contributed by atoms with Crippen molar-refractivity contribution in [1.82, 2.24) is 4.98 Å². The molecule has 0 atom stereocenters. The van der Waals surface area contributed by atoms with Crippen LogP contribution in [0.1, 0.15) is 29.5 Å². The number of benzene rings is 3. The Morgan fingerprint density at radius 2 is 1.71 bits per heavy atom. The van der Waals surface area contributed by atoms with Gasteiger partial charge in [-0.2, -0.15) is 0 Å². The molecule has 5 heteroatoms. The van der Waals surface area contributed by atoms with E-state index in [4.69, 9.17) is 4.98 Å². The molecule has 0 aliphatic heterocycles. The van der Waals surface area contributed by atoms with E-state index in [0.717, 1.165) is 33.1 Å². The molecule has 4 aromatic rings. The Kier molecular flexibility index (Phi) is 7.05. The molecule has 1 aromatic heterocycles. The maximum Gasteiger partial charge on any atom is 0.229 e. The highest BCUT2D eigenvalue weighted by atomic mass is 32.2. The summed E-state index contributed by atoms with van der Waals surface area (Å²) in [4.78, 5) is 21.1. The molecule has 0 saturated carbocycles. The van der Waals surface area contributed by atoms with Crippen molar-refractivity contribution in [3.8, 4) is 0 Å². The van der Waals surface area contributed by atoms with Crippen molar-refractivity contribution in [2.45, 2.75) is 38.1 Å². The summed E-state index contributed by atoms with van der Waals surface area (Å²) in [5, 5.41) is 0.778. The van der Waals surface area contributed by atoms with Gasteiger partial charge in [0.2, 0.25) is 5.91 Å². The van der Waals surface area contributed by atoms with Crippen LogP contribution in [0.3, 0.4) is 0 Å². The molecule has 0 aliphatic carbocycles. The summed E-state index contributed by atoms with van der Waals surface area (Å²) >= 11 is 3.40. The van der Waals surface area contributed by atoms with E-state index in [1.54, 1.807) is 23.1 Å². The van der Waals surface area contributed by atoms with Crippen molar-refractivity contribution in [3.05, 3.63) is 89.5 Å². The Balaban J connectivity index is 1.46. The van der Waals surface area contributed by atoms with E-state index < -0.39 is 0 Å². The third-order valence-electron chi connectivity index (χ3n) is 5.07. The summed E-state index contributed by atoms with van der Waals surface area (Å²) in [6.07, 6.45) is 1.35. The molecule has 0 aliphatic rings. The van der Waals surface area contributed by atoms with Gasteiger partial charge in [-0.1, -0.05) is 65.4 Å². The van der Waals surface area contributed by atoms with Crippen LogP contribution < -0.4 is 4.90 Å². The molecule has 0 fully saturated rings. The number of carbonyl (C=O) groups excluding carboxylic acids is 1. The maximum absolute atomic E-state index is 13.2. The van der Waals surface area contributed by atoms with Gasteiger partial charge in [0.15, 0.2) is 5.13 Å². The lowest BCUT2D eigenvalue weighted by Crippen LogP contribution is -2.30. The zero-order valence-corrected chi connectivity index (χ0v) is 19.5. The predicted molar refractivity (Wildman–Crippen MR) is 133 cm³/mol. The summed E-state index contributed by atoms with van der Waals surface area (Å²) in [7, 11) is 0. The normalized spacial score (nSPS) is 11.0. The number of rotatable bonds is 8. The number of fused-ring (bicyclic) bond motifs is 1. The standard InChI is InChI=1S/C26H26N2OS2/c1-19-10-13-22(14-11-19)30-16-6-9-25(29)28(18-21-7-4-3-5-8-21)26-27-23-15-12-20(2)17-24(23)31-26/h3-5,7-8,10-15,17H,6,9,16,18H2,1-2H3. The number of aryl methyl sites for hydroxylation is 2. The van der Waals surface area contributed by atoms with Gasteiger partial charge in [-0.15, -0.1) is 11.8 Å². The molecular formula is C26H26N2OS2. The van der Waals surface area contributed by atoms with Crippen LogP contribution in [0.4, 0.5) is 5.13 Å². The van der Waals surface area contributed by atoms with Crippen molar-refractivity contribution in [1.29, 1.82) is 0 Å². The third-order valence-corrected chi connectivity index (χ3v) is 7.21. The summed E-state index contributed by atoms with van der Waals surface area (Å²) < 4.78 is 1.12. The molecule has 1 amide bonds. The lowest BCUT2D eigenvalue weighted by Gasteiger charge is -2.20. The second-order valence-electron chi connectivity index (χ2n) is 7.70. The average Bonchev–Trinajstić information content (AvgIpc) is 3.19. The van der Waals surface area contributed by atoms with Gasteiger partial charge in [0.1, 0.15) is 0 Å². The zero-order valence-electron chi connectivity index (χ0n) is 17.9. The number of aromatic nitrogens is 1. The number of anilines is 1. The molecule has 0 radical (unpaired) electrons. The molecule has 0 unspecified atom stereocenters. The van der Waals surface area contributed by atoms with E-state index in [9.17, 15) is 4.79 Å². The van der Waals surface area contributed by atoms with Crippen molar-refractivity contribution in [3.63, 3.8) is 0 Å². The van der Waals surface area contributed by atoms with Crippen LogP contribution in [0.5, 0.6) is 0 Å². The van der Waals surface area contributed by atoms with Gasteiger partial charge in [-0.25, -0.2) is 4.98 Å². The Bertz CT molecular complexity index is 1150. The highest BCUT2D eigenvalue weighted by Crippen LogP contribution is 2.31. The fourth-order valence-electron chi connectivity index (χ4n) is 3.35. The molecule has 1 heterocycles. The third kappa shape index (κ3) is 5.75. The van der Waals surface area contributed by atoms with Crippen LogP contribution in [0.2, 0.25) is 0 Å². The summed E-state index contributed by atoms with van der Waals surface area (Å²) in [6, 6.07) is 24.9. The molecule has 31 heavy (non-hydrogen) atoms. The van der Waals surface area contributed by atoms with Crippen LogP contribution in [0.25, 0.3) is 10.2 Å². The lowest BCUT2D eigenvalue weighted by atomic mass is 10.2. The lowest BCUT2D eigenvalue weighted by molar-refractivity contribution is -0.118. The smallest absolute Gasteiger partial charge is 0.229 e. The minimum absolute atomic E-state index is 0.129. The molecule has 0 saturated heterocycles. The highest BCUT2D eigenvalue weighted by molar-refractivity contribution is 7.99. The van der Waals surface area contributed by atoms with Crippen molar-refractivity contribution in [2.75, 3.05) is 10.7 Å². The van der Waals surface area contributed by atoms with E-state index in [-0.39, 0.29) is 5.91 Å². The first kappa shape index (κ1) is 21.6. The Hall–Kier alpha value is -2.63. The molecule has 0 N–H and O–H groups in total. The SMILES string of the molecule is Cc1ccc(SCCCC(=O)N(Cc2ccccc2)c2nc3ccc(C)cc3s2)cc1. The summed E-state index contributed by atoms with van der Waals surface area (Å²) in [6.45, 7) is 4.72. The fraction of sp³-hybridized carbons (Fsp3) is 0.231. The second kappa shape index (κ2) is 10.1. The molecule has 3 aromatic carbocycles. The quantitative estimate of drug-likeness (QED) is 0.215. The summed E-state index contributed by atoms with van der Waals surface area (Å²) in [5.41, 5.74) is 4.53. The molecule has 0 spiro atoms. The number of carbonyl (C=O) groups is 1. The number of amides is 1. The number of nitrogens with zero attached hydrogens (tertiary/aromatic N) is 2. The van der Waals surface area contributed by atoms with Crippen molar-refractivity contribution >= 4 is 44.4 Å². The molecule has 158 valence electrons. The van der Waals surface area contributed by atoms with Gasteiger partial charge in [-0.3, -0.25) is 9.69 Å². The van der Waals surface area contributed by atoms with E-state index in [1.807, 2.05) is 29.2 Å². The minimum atomic E-state index is 0.129. The molecule has 0 bridgehead atoms. The molecule has 3 nitrogen and oxygen atoms in total. The van der Waals surface area contributed by atoms with Crippen LogP contribution in [0.15, 0.2) is 77.7 Å². The van der Waals surface area contributed by atoms with Crippen LogP contribution in [0, 0.1) is 13.8 Å². The second-order valence-corrected chi connectivity index (χ2v) is 9.88. The van der Waals surface area contributed by atoms with Gasteiger partial charge >= 0.3 is 0 Å². The monoisotopic (exact) mass is 446 g/mol. The highest BCUT2D eigenvalue weighted by Gasteiger charge is 2.20. The number of hydrogen-bond acceptors (Lipinski definition) is 4. The topological polar surface area (TPSA) is 33.2 Å². The number of hydrogen-bond donors (Lipinski definition) is 0. The van der Waals surface area contributed by atoms with E-state index in [1.165, 1.54) is 16.0 Å². The first-order valence-corrected chi connectivity index (χ1v) is 12.3. The van der Waals surface area contributed by atoms with Gasteiger partial charge in [0.05, 0.1) is 16.8 Å². The number of thiazole rings is 1. The van der Waals surface area contributed by atoms with Crippen molar-refractivity contribution in [2.24, 2.45) is 0 Å². The largest absolute Gasteiger partial charge is 0.284 e. The Morgan fingerprint density at radius 3 is 2.48 bits per heavy atom. The predicted octanol–water partition coefficient (Wildman–Crippen LogP) is 7.02. The Morgan fingerprint density at radius 1 is 0.968 bits per heavy atom. The first-order chi connectivity index (χ1) is 15.1. The van der Waals surface area contributed by atoms with Gasteiger partial charge in [-0.05, 0) is 61.4 Å². The maximum atomic E-state index is 13.2. The van der Waals surface area contributed by atoms with Gasteiger partial charge in [0.25, 0.3) is 0 Å². The van der Waals surface area contributed by atoms with Crippen LogP contribution in [-0.4, -0.2) is 16.6 Å². The van der Waals surface area contributed by atoms with Crippen LogP contribution in [-0.2, 0) is 11.3 Å². The average molecular weight is 447 g/mol. The molecular weight excluding hydrogens is 420 g/mol. The minimum Gasteiger partial charge on any atom is -0.284 e. The fourth-order valence-corrected chi connectivity index (χ4v) is 5.28. The van der Waals surface area contributed by atoms with E-state index in [0.29, 0.717) is 13.0 Å². The summed E-state index contributed by atoms with van der Waals surface area (Å²) in [5.74, 6) is 1.05. The zero-order chi connectivity index (χ0) is 21.6. The van der Waals surface area contributed by atoms with Gasteiger partial charge in [0, 0.05) is 11.3 Å². The van der Waals surface area contributed by atoms with Gasteiger partial charge < -0.3 is 0 Å². The number of thioether (sulfide) groups is 1. The molecule has 4 rings (SSSR count). The van der Waals surface area contributed by atoms with Crippen LogP contribution >= 0.6 is 23.1 Å². The first-order valence-electron chi connectivity index (χ1n) is 10.5.